The summed E-state index contributed by atoms with van der Waals surface area (Å²) in [6, 6.07) is 9.43. The van der Waals surface area contributed by atoms with Crippen molar-refractivity contribution in [1.82, 2.24) is 4.98 Å². The van der Waals surface area contributed by atoms with Crippen molar-refractivity contribution in [2.45, 2.75) is 18.4 Å². The third-order valence-corrected chi connectivity index (χ3v) is 4.15. The molecule has 0 bridgehead atoms. The van der Waals surface area contributed by atoms with Crippen LogP contribution in [0.2, 0.25) is 0 Å². The summed E-state index contributed by atoms with van der Waals surface area (Å²) in [5.41, 5.74) is 0.843. The summed E-state index contributed by atoms with van der Waals surface area (Å²) in [7, 11) is -3.75. The summed E-state index contributed by atoms with van der Waals surface area (Å²) in [6.45, 7) is 2.73. The molecule has 2 aromatic rings. The van der Waals surface area contributed by atoms with E-state index in [0.717, 1.165) is 11.8 Å². The molecule has 0 atom stereocenters. The van der Waals surface area contributed by atoms with Crippen molar-refractivity contribution < 1.29 is 13.2 Å². The van der Waals surface area contributed by atoms with Gasteiger partial charge in [-0.1, -0.05) is 18.2 Å². The van der Waals surface area contributed by atoms with Crippen LogP contribution in [-0.4, -0.2) is 20.0 Å². The molecular formula is C14H16N2O4S. The van der Waals surface area contributed by atoms with E-state index < -0.39 is 10.0 Å². The number of hydrogen-bond donors (Lipinski definition) is 2. The Hall–Kier alpha value is -2.12. The number of para-hydroxylation sites is 1. The first-order chi connectivity index (χ1) is 10.0. The number of rotatable bonds is 6. The van der Waals surface area contributed by atoms with Crippen molar-refractivity contribution in [3.8, 4) is 0 Å². The number of sulfonamides is 1. The highest BCUT2D eigenvalue weighted by Crippen LogP contribution is 2.20. The average molecular weight is 308 g/mol. The van der Waals surface area contributed by atoms with Gasteiger partial charge >= 0.3 is 0 Å². The van der Waals surface area contributed by atoms with Crippen LogP contribution in [0.1, 0.15) is 12.5 Å². The van der Waals surface area contributed by atoms with Crippen LogP contribution in [0.15, 0.2) is 52.3 Å². The second-order valence-electron chi connectivity index (χ2n) is 4.29. The zero-order valence-electron chi connectivity index (χ0n) is 11.5. The minimum atomic E-state index is -3.75. The topological polar surface area (TPSA) is 88.3 Å². The number of aromatic amines is 1. The lowest BCUT2D eigenvalue weighted by Crippen LogP contribution is -2.16. The van der Waals surface area contributed by atoms with Crippen LogP contribution in [0.5, 0.6) is 0 Å². The predicted molar refractivity (Wildman–Crippen MR) is 79.6 cm³/mol. The quantitative estimate of drug-likeness (QED) is 0.850. The van der Waals surface area contributed by atoms with Gasteiger partial charge in [0.25, 0.3) is 10.0 Å². The number of benzene rings is 1. The Morgan fingerprint density at radius 2 is 1.95 bits per heavy atom. The van der Waals surface area contributed by atoms with Crippen molar-refractivity contribution in [1.29, 1.82) is 0 Å². The maximum Gasteiger partial charge on any atom is 0.263 e. The molecule has 1 aromatic heterocycles. The Balaban J connectivity index is 2.28. The molecule has 0 saturated heterocycles. The Morgan fingerprint density at radius 3 is 2.62 bits per heavy atom. The zero-order chi connectivity index (χ0) is 15.3. The highest BCUT2D eigenvalue weighted by atomic mass is 32.2. The SMILES string of the molecule is CCOCc1ccccc1NS(=O)(=O)c1ccc(=O)[nH]c1. The molecule has 0 spiro atoms. The highest BCUT2D eigenvalue weighted by molar-refractivity contribution is 7.92. The summed E-state index contributed by atoms with van der Waals surface area (Å²) in [5, 5.41) is 0. The first-order valence-electron chi connectivity index (χ1n) is 6.40. The van der Waals surface area contributed by atoms with Gasteiger partial charge in [-0.05, 0) is 19.1 Å². The lowest BCUT2D eigenvalue weighted by atomic mass is 10.2. The van der Waals surface area contributed by atoms with E-state index in [1.54, 1.807) is 18.2 Å². The maximum atomic E-state index is 12.3. The minimum absolute atomic E-state index is 0.00619. The molecule has 2 N–H and O–H groups in total. The number of H-pyrrole nitrogens is 1. The van der Waals surface area contributed by atoms with Gasteiger partial charge in [0.15, 0.2) is 0 Å². The van der Waals surface area contributed by atoms with Crippen LogP contribution < -0.4 is 10.3 Å². The molecule has 0 radical (unpaired) electrons. The lowest BCUT2D eigenvalue weighted by molar-refractivity contribution is 0.134. The van der Waals surface area contributed by atoms with Gasteiger partial charge in [-0.2, -0.15) is 0 Å². The Morgan fingerprint density at radius 1 is 1.19 bits per heavy atom. The largest absolute Gasteiger partial charge is 0.377 e. The van der Waals surface area contributed by atoms with E-state index in [2.05, 4.69) is 9.71 Å². The van der Waals surface area contributed by atoms with E-state index in [-0.39, 0.29) is 10.5 Å². The van der Waals surface area contributed by atoms with Gasteiger partial charge in [0.1, 0.15) is 4.90 Å². The molecular weight excluding hydrogens is 292 g/mol. The van der Waals surface area contributed by atoms with Crippen molar-refractivity contribution in [3.05, 3.63) is 58.5 Å². The van der Waals surface area contributed by atoms with Gasteiger partial charge in [0, 0.05) is 24.4 Å². The van der Waals surface area contributed by atoms with Crippen LogP contribution in [-0.2, 0) is 21.4 Å². The molecule has 0 aliphatic carbocycles. The fraction of sp³-hybridized carbons (Fsp3) is 0.214. The van der Waals surface area contributed by atoms with Gasteiger partial charge in [-0.25, -0.2) is 8.42 Å². The molecule has 21 heavy (non-hydrogen) atoms. The predicted octanol–water partition coefficient (Wildman–Crippen LogP) is 1.71. The summed E-state index contributed by atoms with van der Waals surface area (Å²) < 4.78 is 32.3. The molecule has 0 fully saturated rings. The molecule has 7 heteroatoms. The summed E-state index contributed by atoms with van der Waals surface area (Å²) >= 11 is 0. The third-order valence-electron chi connectivity index (χ3n) is 2.79. The van der Waals surface area contributed by atoms with Crippen molar-refractivity contribution in [2.24, 2.45) is 0 Å². The van der Waals surface area contributed by atoms with Gasteiger partial charge in [-0.3, -0.25) is 9.52 Å². The standard InChI is InChI=1S/C14H16N2O4S/c1-2-20-10-11-5-3-4-6-13(11)16-21(18,19)12-7-8-14(17)15-9-12/h3-9,16H,2,10H2,1H3,(H,15,17). The molecule has 0 saturated carbocycles. The van der Waals surface area contributed by atoms with E-state index in [9.17, 15) is 13.2 Å². The van der Waals surface area contributed by atoms with E-state index in [1.807, 2.05) is 13.0 Å². The lowest BCUT2D eigenvalue weighted by Gasteiger charge is -2.12. The maximum absolute atomic E-state index is 12.3. The second kappa shape index (κ2) is 6.55. The smallest absolute Gasteiger partial charge is 0.263 e. The molecule has 112 valence electrons. The molecule has 6 nitrogen and oxygen atoms in total. The van der Waals surface area contributed by atoms with Crippen LogP contribution in [0, 0.1) is 0 Å². The first kappa shape index (κ1) is 15.3. The van der Waals surface area contributed by atoms with Crippen LogP contribution in [0.25, 0.3) is 0 Å². The Kier molecular flexibility index (Phi) is 4.77. The average Bonchev–Trinajstić information content (AvgIpc) is 2.46. The number of pyridine rings is 1. The number of hydrogen-bond acceptors (Lipinski definition) is 4. The van der Waals surface area contributed by atoms with Crippen LogP contribution >= 0.6 is 0 Å². The van der Waals surface area contributed by atoms with E-state index in [1.165, 1.54) is 12.1 Å². The van der Waals surface area contributed by atoms with Gasteiger partial charge < -0.3 is 9.72 Å². The van der Waals surface area contributed by atoms with Crippen LogP contribution in [0.3, 0.4) is 0 Å². The third kappa shape index (κ3) is 3.93. The molecule has 0 aliphatic rings. The summed E-state index contributed by atoms with van der Waals surface area (Å²) in [6.07, 6.45) is 1.16. The Labute approximate surface area is 122 Å². The minimum Gasteiger partial charge on any atom is -0.377 e. The van der Waals surface area contributed by atoms with E-state index in [4.69, 9.17) is 4.74 Å². The molecule has 1 aromatic carbocycles. The van der Waals surface area contributed by atoms with Crippen molar-refractivity contribution in [3.63, 3.8) is 0 Å². The highest BCUT2D eigenvalue weighted by Gasteiger charge is 2.15. The first-order valence-corrected chi connectivity index (χ1v) is 7.88. The monoisotopic (exact) mass is 308 g/mol. The van der Waals surface area contributed by atoms with Crippen molar-refractivity contribution >= 4 is 15.7 Å². The van der Waals surface area contributed by atoms with Crippen molar-refractivity contribution in [2.75, 3.05) is 11.3 Å². The summed E-state index contributed by atoms with van der Waals surface area (Å²) in [5.74, 6) is 0. The molecule has 1 heterocycles. The van der Waals surface area contributed by atoms with Crippen LogP contribution in [0.4, 0.5) is 5.69 Å². The second-order valence-corrected chi connectivity index (χ2v) is 5.97. The van der Waals surface area contributed by atoms with Gasteiger partial charge in [-0.15, -0.1) is 0 Å². The number of aromatic nitrogens is 1. The molecule has 0 amide bonds. The molecule has 0 aliphatic heterocycles. The molecule has 2 rings (SSSR count). The van der Waals surface area contributed by atoms with Gasteiger partial charge in [0.2, 0.25) is 5.56 Å². The fourth-order valence-corrected chi connectivity index (χ4v) is 2.79. The number of anilines is 1. The Bertz CT molecular complexity index is 748. The van der Waals surface area contributed by atoms with E-state index in [0.29, 0.717) is 18.9 Å². The number of ether oxygens (including phenoxy) is 1. The molecule has 0 unspecified atom stereocenters. The fourth-order valence-electron chi connectivity index (χ4n) is 1.72. The number of nitrogens with one attached hydrogen (secondary N) is 2. The zero-order valence-corrected chi connectivity index (χ0v) is 12.3. The van der Waals surface area contributed by atoms with Gasteiger partial charge in [0.05, 0.1) is 12.3 Å². The normalized spacial score (nSPS) is 11.3. The van der Waals surface area contributed by atoms with E-state index >= 15 is 0 Å². The summed E-state index contributed by atoms with van der Waals surface area (Å²) in [4.78, 5) is 13.3.